The van der Waals surface area contributed by atoms with Crippen LogP contribution in [0, 0.1) is 5.41 Å². The number of hydrogen-bond donors (Lipinski definition) is 3. The average Bonchev–Trinajstić information content (AvgIpc) is 3.20. The second-order valence-corrected chi connectivity index (χ2v) is 9.11. The lowest BCUT2D eigenvalue weighted by atomic mass is 10.1. The van der Waals surface area contributed by atoms with Crippen molar-refractivity contribution in [3.8, 4) is 0 Å². The molecule has 0 aliphatic rings. The molecule has 30 heavy (non-hydrogen) atoms. The van der Waals surface area contributed by atoms with Crippen molar-refractivity contribution in [1.82, 2.24) is 4.98 Å². The third-order valence-electron chi connectivity index (χ3n) is 4.05. The molecule has 4 rings (SSSR count). The van der Waals surface area contributed by atoms with Gasteiger partial charge in [0.1, 0.15) is 11.1 Å². The normalized spacial score (nSPS) is 11.4. The van der Waals surface area contributed by atoms with Gasteiger partial charge in [0.15, 0.2) is 5.13 Å². The zero-order valence-electron chi connectivity index (χ0n) is 15.0. The van der Waals surface area contributed by atoms with E-state index in [1.54, 1.807) is 23.6 Å². The Morgan fingerprint density at radius 2 is 1.90 bits per heavy atom. The van der Waals surface area contributed by atoms with Crippen LogP contribution in [0.1, 0.15) is 10.4 Å². The number of anilines is 2. The number of hydrogen-bond acceptors (Lipinski definition) is 7. The van der Waals surface area contributed by atoms with E-state index in [9.17, 15) is 13.2 Å². The van der Waals surface area contributed by atoms with Crippen molar-refractivity contribution < 1.29 is 17.6 Å². The first-order valence-electron chi connectivity index (χ1n) is 8.43. The summed E-state index contributed by atoms with van der Waals surface area (Å²) >= 11 is 7.13. The monoisotopic (exact) mass is 460 g/mol. The molecule has 8 nitrogen and oxygen atoms in total. The molecule has 0 atom stereocenters. The number of sulfonamides is 1. The predicted octanol–water partition coefficient (Wildman–Crippen LogP) is 4.08. The maximum Gasteiger partial charge on any atom is 0.263 e. The molecule has 11 heteroatoms. The Balaban J connectivity index is 1.55. The van der Waals surface area contributed by atoms with Gasteiger partial charge in [-0.3, -0.25) is 14.9 Å². The van der Waals surface area contributed by atoms with Gasteiger partial charge in [0.25, 0.3) is 15.9 Å². The Bertz CT molecular complexity index is 1400. The van der Waals surface area contributed by atoms with Gasteiger partial charge in [0.05, 0.1) is 4.90 Å². The van der Waals surface area contributed by atoms with Crippen molar-refractivity contribution in [3.05, 3.63) is 76.2 Å². The topological polar surface area (TPSA) is 125 Å². The van der Waals surface area contributed by atoms with Crippen molar-refractivity contribution in [2.45, 2.75) is 4.90 Å². The number of rotatable bonds is 5. The molecule has 0 saturated carbocycles. The lowest BCUT2D eigenvalue weighted by molar-refractivity contribution is 0.102. The van der Waals surface area contributed by atoms with E-state index in [1.165, 1.54) is 36.5 Å². The molecular weight excluding hydrogens is 448 g/mol. The van der Waals surface area contributed by atoms with Crippen molar-refractivity contribution in [2.75, 3.05) is 10.0 Å². The first kappa shape index (κ1) is 20.1. The number of amides is 1. The summed E-state index contributed by atoms with van der Waals surface area (Å²) in [5.74, 6) is -0.567. The summed E-state index contributed by atoms with van der Waals surface area (Å²) in [6.07, 6.45) is 1.49. The van der Waals surface area contributed by atoms with Crippen LogP contribution in [0.5, 0.6) is 0 Å². The van der Waals surface area contributed by atoms with Crippen LogP contribution in [0.15, 0.2) is 69.4 Å². The minimum Gasteiger partial charge on any atom is -0.438 e. The van der Waals surface area contributed by atoms with Gasteiger partial charge in [-0.1, -0.05) is 11.6 Å². The van der Waals surface area contributed by atoms with Crippen molar-refractivity contribution in [1.29, 1.82) is 5.41 Å². The maximum absolute atomic E-state index is 12.6. The Morgan fingerprint density at radius 1 is 1.13 bits per heavy atom. The third kappa shape index (κ3) is 4.20. The first-order valence-corrected chi connectivity index (χ1v) is 11.2. The third-order valence-corrected chi connectivity index (χ3v) is 6.46. The highest BCUT2D eigenvalue weighted by Gasteiger charge is 2.16. The van der Waals surface area contributed by atoms with Gasteiger partial charge < -0.3 is 9.73 Å². The number of carbonyl (C=O) groups is 1. The van der Waals surface area contributed by atoms with E-state index in [-0.39, 0.29) is 21.1 Å². The molecule has 1 amide bonds. The number of aromatic nitrogens is 1. The second-order valence-electron chi connectivity index (χ2n) is 6.09. The molecule has 2 aromatic heterocycles. The molecule has 0 radical (unpaired) electrons. The van der Waals surface area contributed by atoms with E-state index in [4.69, 9.17) is 21.4 Å². The van der Waals surface area contributed by atoms with E-state index in [0.717, 1.165) is 11.3 Å². The molecule has 3 N–H and O–H groups in total. The minimum atomic E-state index is -3.79. The average molecular weight is 461 g/mol. The molecule has 0 bridgehead atoms. The maximum atomic E-state index is 12.6. The fourth-order valence-electron chi connectivity index (χ4n) is 2.64. The highest BCUT2D eigenvalue weighted by molar-refractivity contribution is 7.93. The van der Waals surface area contributed by atoms with Crippen LogP contribution >= 0.6 is 22.9 Å². The number of carbonyl (C=O) groups excluding carboxylic acids is 1. The summed E-state index contributed by atoms with van der Waals surface area (Å²) in [6, 6.07) is 12.0. The Morgan fingerprint density at radius 3 is 2.60 bits per heavy atom. The number of nitrogens with one attached hydrogen (secondary N) is 3. The molecule has 2 heterocycles. The Kier molecular flexibility index (Phi) is 5.29. The lowest BCUT2D eigenvalue weighted by Crippen LogP contribution is -2.21. The SMILES string of the molecule is N=c1oc2ccc(Cl)cc2cc1C(=O)Nc1ccc(S(=O)(=O)Nc2nccs2)cc1. The van der Waals surface area contributed by atoms with Crippen molar-refractivity contribution in [2.24, 2.45) is 0 Å². The van der Waals surface area contributed by atoms with Crippen LogP contribution in [-0.2, 0) is 10.0 Å². The van der Waals surface area contributed by atoms with Gasteiger partial charge in [0, 0.05) is 27.7 Å². The molecule has 0 fully saturated rings. The zero-order valence-corrected chi connectivity index (χ0v) is 17.4. The van der Waals surface area contributed by atoms with Gasteiger partial charge in [-0.25, -0.2) is 13.4 Å². The van der Waals surface area contributed by atoms with Gasteiger partial charge >= 0.3 is 0 Å². The van der Waals surface area contributed by atoms with Gasteiger partial charge in [-0.2, -0.15) is 0 Å². The molecule has 0 unspecified atom stereocenters. The summed E-state index contributed by atoms with van der Waals surface area (Å²) in [7, 11) is -3.79. The molecule has 0 aliphatic carbocycles. The largest absolute Gasteiger partial charge is 0.438 e. The zero-order chi connectivity index (χ0) is 21.3. The predicted molar refractivity (Wildman–Crippen MR) is 114 cm³/mol. The second kappa shape index (κ2) is 7.90. The fraction of sp³-hybridized carbons (Fsp3) is 0. The van der Waals surface area contributed by atoms with Crippen LogP contribution in [-0.4, -0.2) is 19.3 Å². The number of halogens is 1. The molecule has 0 aliphatic heterocycles. The van der Waals surface area contributed by atoms with Crippen molar-refractivity contribution >= 4 is 60.7 Å². The highest BCUT2D eigenvalue weighted by atomic mass is 35.5. The number of benzene rings is 2. The summed E-state index contributed by atoms with van der Waals surface area (Å²) in [4.78, 5) is 16.5. The van der Waals surface area contributed by atoms with Crippen LogP contribution in [0.2, 0.25) is 5.02 Å². The number of fused-ring (bicyclic) bond motifs is 1. The molecule has 152 valence electrons. The summed E-state index contributed by atoms with van der Waals surface area (Å²) in [5, 5.41) is 13.6. The fourth-order valence-corrected chi connectivity index (χ4v) is 4.61. The van der Waals surface area contributed by atoms with Crippen LogP contribution in [0.25, 0.3) is 11.0 Å². The van der Waals surface area contributed by atoms with Gasteiger partial charge in [-0.15, -0.1) is 11.3 Å². The molecule has 0 spiro atoms. The number of nitrogens with zero attached hydrogens (tertiary/aromatic N) is 1. The standard InChI is InChI=1S/C19H13ClN4O4S2/c20-12-1-6-16-11(9-12)10-15(17(21)28-16)18(25)23-13-2-4-14(5-3-13)30(26,27)24-19-22-7-8-29-19/h1-10,21H,(H,22,24)(H,23,25). The lowest BCUT2D eigenvalue weighted by Gasteiger charge is -2.08. The summed E-state index contributed by atoms with van der Waals surface area (Å²) in [6.45, 7) is 0. The smallest absolute Gasteiger partial charge is 0.263 e. The number of thiazole rings is 1. The van der Waals surface area contributed by atoms with Crippen molar-refractivity contribution in [3.63, 3.8) is 0 Å². The highest BCUT2D eigenvalue weighted by Crippen LogP contribution is 2.21. The van der Waals surface area contributed by atoms with E-state index < -0.39 is 15.9 Å². The quantitative estimate of drug-likeness (QED) is 0.414. The van der Waals surface area contributed by atoms with Crippen LogP contribution < -0.4 is 15.6 Å². The Labute approximate surface area is 179 Å². The Hall–Kier alpha value is -3.21. The molecule has 4 aromatic rings. The first-order chi connectivity index (χ1) is 14.3. The summed E-state index contributed by atoms with van der Waals surface area (Å²) < 4.78 is 32.5. The summed E-state index contributed by atoms with van der Waals surface area (Å²) in [5.41, 5.74) is 0.517. The van der Waals surface area contributed by atoms with Gasteiger partial charge in [0.2, 0.25) is 5.55 Å². The van der Waals surface area contributed by atoms with Crippen LogP contribution in [0.3, 0.4) is 0 Å². The van der Waals surface area contributed by atoms with E-state index in [0.29, 0.717) is 21.7 Å². The molecule has 2 aromatic carbocycles. The van der Waals surface area contributed by atoms with E-state index >= 15 is 0 Å². The van der Waals surface area contributed by atoms with E-state index in [1.807, 2.05) is 0 Å². The molecule has 0 saturated heterocycles. The minimum absolute atomic E-state index is 0.0203. The molecular formula is C19H13ClN4O4S2. The van der Waals surface area contributed by atoms with Crippen LogP contribution in [0.4, 0.5) is 10.8 Å². The van der Waals surface area contributed by atoms with Gasteiger partial charge in [-0.05, 0) is 48.5 Å². The van der Waals surface area contributed by atoms with E-state index in [2.05, 4.69) is 15.0 Å².